The molecule has 4 rings (SSSR count). The van der Waals surface area contributed by atoms with E-state index in [0.717, 1.165) is 5.56 Å². The smallest absolute Gasteiger partial charge is 0.277 e. The van der Waals surface area contributed by atoms with Crippen molar-refractivity contribution in [3.05, 3.63) is 59.4 Å². The van der Waals surface area contributed by atoms with Crippen molar-refractivity contribution in [2.45, 2.75) is 11.0 Å². The zero-order valence-electron chi connectivity index (χ0n) is 14.1. The fourth-order valence-corrected chi connectivity index (χ4v) is 3.20. The average Bonchev–Trinajstić information content (AvgIpc) is 3.36. The van der Waals surface area contributed by atoms with Crippen LogP contribution in [0.3, 0.4) is 0 Å². The highest BCUT2D eigenvalue weighted by atomic mass is 35.5. The number of methoxy groups -OCH3 is 1. The highest BCUT2D eigenvalue weighted by molar-refractivity contribution is 7.98. The molecule has 9 heteroatoms. The van der Waals surface area contributed by atoms with Crippen LogP contribution >= 0.6 is 23.4 Å². The first-order valence-electron chi connectivity index (χ1n) is 7.92. The minimum atomic E-state index is 0.372. The van der Waals surface area contributed by atoms with Gasteiger partial charge in [-0.2, -0.15) is 4.98 Å². The second-order valence-electron chi connectivity index (χ2n) is 5.36. The SMILES string of the molecule is COc1ccccc1-c1nnc(SCc2noc(-c3ccccc3Cl)n2)o1. The van der Waals surface area contributed by atoms with Crippen LogP contribution < -0.4 is 4.74 Å². The van der Waals surface area contributed by atoms with Crippen LogP contribution in [0.25, 0.3) is 22.9 Å². The molecule has 4 aromatic rings. The van der Waals surface area contributed by atoms with Crippen LogP contribution in [-0.2, 0) is 5.75 Å². The average molecular weight is 401 g/mol. The summed E-state index contributed by atoms with van der Waals surface area (Å²) in [6, 6.07) is 14.7. The fraction of sp³-hybridized carbons (Fsp3) is 0.111. The summed E-state index contributed by atoms with van der Waals surface area (Å²) in [5.41, 5.74) is 1.43. The van der Waals surface area contributed by atoms with Crippen molar-refractivity contribution in [2.75, 3.05) is 7.11 Å². The van der Waals surface area contributed by atoms with Gasteiger partial charge in [-0.15, -0.1) is 10.2 Å². The van der Waals surface area contributed by atoms with E-state index in [4.69, 9.17) is 25.3 Å². The standard InChI is InChI=1S/C18H13ClN4O3S/c1-24-14-9-5-3-7-12(14)17-21-22-18(25-17)27-10-15-20-16(26-23-15)11-6-2-4-8-13(11)19/h2-9H,10H2,1H3. The molecule has 27 heavy (non-hydrogen) atoms. The molecular formula is C18H13ClN4O3S. The molecule has 7 nitrogen and oxygen atoms in total. The van der Waals surface area contributed by atoms with Gasteiger partial charge in [-0.25, -0.2) is 0 Å². The second-order valence-corrected chi connectivity index (χ2v) is 6.69. The topological polar surface area (TPSA) is 87.1 Å². The van der Waals surface area contributed by atoms with Gasteiger partial charge in [0.25, 0.3) is 17.0 Å². The first-order chi connectivity index (χ1) is 13.2. The fourth-order valence-electron chi connectivity index (χ4n) is 2.38. The van der Waals surface area contributed by atoms with Gasteiger partial charge in [0.2, 0.25) is 0 Å². The number of rotatable bonds is 6. The Morgan fingerprint density at radius 1 is 1.00 bits per heavy atom. The highest BCUT2D eigenvalue weighted by Crippen LogP contribution is 2.31. The van der Waals surface area contributed by atoms with Gasteiger partial charge in [-0.1, -0.05) is 52.8 Å². The molecule has 0 bridgehead atoms. The predicted molar refractivity (Wildman–Crippen MR) is 101 cm³/mol. The van der Waals surface area contributed by atoms with Crippen LogP contribution in [0.4, 0.5) is 0 Å². The van der Waals surface area contributed by atoms with Crippen LogP contribution in [0.5, 0.6) is 5.75 Å². The monoisotopic (exact) mass is 400 g/mol. The third-order valence-corrected chi connectivity index (χ3v) is 4.78. The molecule has 0 aliphatic rings. The van der Waals surface area contributed by atoms with Gasteiger partial charge in [0.15, 0.2) is 5.82 Å². The normalized spacial score (nSPS) is 10.9. The number of hydrogen-bond acceptors (Lipinski definition) is 8. The molecule has 0 saturated carbocycles. The van der Waals surface area contributed by atoms with Crippen molar-refractivity contribution >= 4 is 23.4 Å². The Morgan fingerprint density at radius 2 is 1.78 bits per heavy atom. The van der Waals surface area contributed by atoms with Crippen molar-refractivity contribution in [1.82, 2.24) is 20.3 Å². The van der Waals surface area contributed by atoms with Crippen LogP contribution in [0, 0.1) is 0 Å². The molecule has 136 valence electrons. The van der Waals surface area contributed by atoms with Gasteiger partial charge >= 0.3 is 0 Å². The third kappa shape index (κ3) is 3.81. The number of halogens is 1. The molecule has 0 spiro atoms. The number of hydrogen-bond donors (Lipinski definition) is 0. The van der Waals surface area contributed by atoms with E-state index in [0.29, 0.717) is 44.9 Å². The number of thioether (sulfide) groups is 1. The van der Waals surface area contributed by atoms with Gasteiger partial charge in [0.1, 0.15) is 5.75 Å². The minimum Gasteiger partial charge on any atom is -0.496 e. The summed E-state index contributed by atoms with van der Waals surface area (Å²) >= 11 is 7.47. The summed E-state index contributed by atoms with van der Waals surface area (Å²) in [6.07, 6.45) is 0. The number of nitrogens with zero attached hydrogens (tertiary/aromatic N) is 4. The molecule has 2 aromatic heterocycles. The number of benzene rings is 2. The lowest BCUT2D eigenvalue weighted by molar-refractivity contribution is 0.411. The van der Waals surface area contributed by atoms with Crippen molar-refractivity contribution < 1.29 is 13.7 Å². The molecule has 0 unspecified atom stereocenters. The summed E-state index contributed by atoms with van der Waals surface area (Å²) < 4.78 is 16.3. The van der Waals surface area contributed by atoms with Crippen LogP contribution in [-0.4, -0.2) is 27.4 Å². The molecule has 0 amide bonds. The number of ether oxygens (including phenoxy) is 1. The second kappa shape index (κ2) is 7.81. The van der Waals surface area contributed by atoms with Gasteiger partial charge < -0.3 is 13.7 Å². The quantitative estimate of drug-likeness (QED) is 0.429. The van der Waals surface area contributed by atoms with E-state index in [-0.39, 0.29) is 0 Å². The van der Waals surface area contributed by atoms with E-state index in [1.165, 1.54) is 11.8 Å². The lowest BCUT2D eigenvalue weighted by atomic mass is 10.2. The van der Waals surface area contributed by atoms with Crippen molar-refractivity contribution in [2.24, 2.45) is 0 Å². The third-order valence-electron chi connectivity index (χ3n) is 3.64. The largest absolute Gasteiger partial charge is 0.496 e. The number of aromatic nitrogens is 4. The first-order valence-corrected chi connectivity index (χ1v) is 9.28. The zero-order valence-corrected chi connectivity index (χ0v) is 15.7. The van der Waals surface area contributed by atoms with E-state index in [9.17, 15) is 0 Å². The van der Waals surface area contributed by atoms with Crippen molar-refractivity contribution in [3.8, 4) is 28.7 Å². The molecule has 2 heterocycles. The van der Waals surface area contributed by atoms with E-state index in [2.05, 4.69) is 20.3 Å². The minimum absolute atomic E-state index is 0.372. The summed E-state index contributed by atoms with van der Waals surface area (Å²) in [4.78, 5) is 4.36. The summed E-state index contributed by atoms with van der Waals surface area (Å²) in [5, 5.41) is 13.0. The molecule has 0 aliphatic carbocycles. The first kappa shape index (κ1) is 17.6. The van der Waals surface area contributed by atoms with E-state index < -0.39 is 0 Å². The molecule has 0 atom stereocenters. The molecule has 0 radical (unpaired) electrons. The molecule has 0 N–H and O–H groups in total. The molecule has 0 aliphatic heterocycles. The zero-order chi connectivity index (χ0) is 18.6. The number of para-hydroxylation sites is 1. The Bertz CT molecular complexity index is 1070. The molecule has 2 aromatic carbocycles. The lowest BCUT2D eigenvalue weighted by Gasteiger charge is -2.03. The van der Waals surface area contributed by atoms with Gasteiger partial charge in [0.05, 0.1) is 29.0 Å². The predicted octanol–water partition coefficient (Wildman–Crippen LogP) is 4.74. The maximum atomic E-state index is 6.15. The van der Waals surface area contributed by atoms with Crippen molar-refractivity contribution in [1.29, 1.82) is 0 Å². The van der Waals surface area contributed by atoms with Crippen LogP contribution in [0.15, 0.2) is 62.7 Å². The Labute approximate surface area is 163 Å². The van der Waals surface area contributed by atoms with Gasteiger partial charge in [0, 0.05) is 0 Å². The molecule has 0 fully saturated rings. The summed E-state index contributed by atoms with van der Waals surface area (Å²) in [6.45, 7) is 0. The summed E-state index contributed by atoms with van der Waals surface area (Å²) in [7, 11) is 1.59. The highest BCUT2D eigenvalue weighted by Gasteiger charge is 2.16. The van der Waals surface area contributed by atoms with Gasteiger partial charge in [-0.05, 0) is 24.3 Å². The Hall–Kier alpha value is -2.84. The van der Waals surface area contributed by atoms with Crippen LogP contribution in [0.1, 0.15) is 5.82 Å². The molecular weight excluding hydrogens is 388 g/mol. The maximum Gasteiger partial charge on any atom is 0.277 e. The molecule has 0 saturated heterocycles. The Morgan fingerprint density at radius 3 is 2.59 bits per heavy atom. The maximum absolute atomic E-state index is 6.15. The summed E-state index contributed by atoms with van der Waals surface area (Å²) in [5.74, 6) is 2.35. The van der Waals surface area contributed by atoms with E-state index >= 15 is 0 Å². The van der Waals surface area contributed by atoms with E-state index in [1.807, 2.05) is 42.5 Å². The van der Waals surface area contributed by atoms with Gasteiger partial charge in [-0.3, -0.25) is 0 Å². The van der Waals surface area contributed by atoms with E-state index in [1.54, 1.807) is 13.2 Å². The Balaban J connectivity index is 1.46. The lowest BCUT2D eigenvalue weighted by Crippen LogP contribution is -1.87. The Kier molecular flexibility index (Phi) is 5.08. The van der Waals surface area contributed by atoms with Crippen molar-refractivity contribution in [3.63, 3.8) is 0 Å². The van der Waals surface area contributed by atoms with Crippen LogP contribution in [0.2, 0.25) is 5.02 Å².